The molecule has 1 radical (unpaired) electrons. The molecule has 0 aliphatic rings. The van der Waals surface area contributed by atoms with Gasteiger partial charge >= 0.3 is 0 Å². The molecule has 0 saturated carbocycles. The van der Waals surface area contributed by atoms with Gasteiger partial charge in [0.15, 0.2) is 0 Å². The van der Waals surface area contributed by atoms with E-state index in [0.29, 0.717) is 6.42 Å². The smallest absolute Gasteiger partial charge is 0.207 e. The summed E-state index contributed by atoms with van der Waals surface area (Å²) in [4.78, 5) is 0. The van der Waals surface area contributed by atoms with E-state index in [1.165, 1.54) is 16.3 Å². The molecule has 0 aliphatic heterocycles. The van der Waals surface area contributed by atoms with Gasteiger partial charge in [-0.05, 0) is 35.6 Å². The Balaban J connectivity index is 1.92. The monoisotopic (exact) mass is 247 g/mol. The Hall–Kier alpha value is -1.44. The van der Waals surface area contributed by atoms with Crippen LogP contribution in [0.25, 0.3) is 10.8 Å². The van der Waals surface area contributed by atoms with Gasteiger partial charge in [0.25, 0.3) is 0 Å². The summed E-state index contributed by atoms with van der Waals surface area (Å²) in [6.07, 6.45) is 2.02. The lowest BCUT2D eigenvalue weighted by Gasteiger charge is -2.09. The maximum atomic E-state index is 12.5. The minimum Gasteiger partial charge on any atom is -0.207 e. The second kappa shape index (κ2) is 5.47. The maximum Gasteiger partial charge on any atom is 0.248 e. The van der Waals surface area contributed by atoms with Gasteiger partial charge in [-0.1, -0.05) is 42.5 Å². The van der Waals surface area contributed by atoms with E-state index < -0.39 is 5.92 Å². The molecule has 0 amide bonds. The van der Waals surface area contributed by atoms with Crippen molar-refractivity contribution in [3.05, 3.63) is 55.0 Å². The molecule has 2 aromatic carbocycles. The fourth-order valence-electron chi connectivity index (χ4n) is 2.11. The van der Waals surface area contributed by atoms with E-state index >= 15 is 0 Å². The van der Waals surface area contributed by atoms with Crippen molar-refractivity contribution in [1.29, 1.82) is 0 Å². The number of hydrogen-bond acceptors (Lipinski definition) is 0. The van der Waals surface area contributed by atoms with Crippen LogP contribution in [0.5, 0.6) is 0 Å². The molecular formula is C16H17F2. The minimum absolute atomic E-state index is 0.124. The number of halogens is 2. The van der Waals surface area contributed by atoms with Crippen LogP contribution < -0.4 is 0 Å². The predicted molar refractivity (Wildman–Crippen MR) is 71.8 cm³/mol. The van der Waals surface area contributed by atoms with Crippen molar-refractivity contribution in [3.63, 3.8) is 0 Å². The number of alkyl halides is 2. The molecule has 0 aliphatic carbocycles. The van der Waals surface area contributed by atoms with Gasteiger partial charge in [-0.15, -0.1) is 0 Å². The van der Waals surface area contributed by atoms with Gasteiger partial charge in [0, 0.05) is 13.3 Å². The number of hydrogen-bond donors (Lipinski definition) is 0. The van der Waals surface area contributed by atoms with E-state index in [9.17, 15) is 8.78 Å². The molecule has 0 heterocycles. The highest BCUT2D eigenvalue weighted by Crippen LogP contribution is 2.21. The van der Waals surface area contributed by atoms with Crippen LogP contribution in [0.15, 0.2) is 42.5 Å². The fraction of sp³-hybridized carbons (Fsp3) is 0.312. The summed E-state index contributed by atoms with van der Waals surface area (Å²) in [7, 11) is 0. The van der Waals surface area contributed by atoms with Crippen molar-refractivity contribution < 1.29 is 8.78 Å². The van der Waals surface area contributed by atoms with E-state index in [1.807, 2.05) is 12.1 Å². The Labute approximate surface area is 107 Å². The van der Waals surface area contributed by atoms with Crippen molar-refractivity contribution in [3.8, 4) is 0 Å². The number of fused-ring (bicyclic) bond motifs is 1. The zero-order valence-electron chi connectivity index (χ0n) is 10.3. The lowest BCUT2D eigenvalue weighted by atomic mass is 10.0. The van der Waals surface area contributed by atoms with E-state index in [4.69, 9.17) is 0 Å². The lowest BCUT2D eigenvalue weighted by molar-refractivity contribution is 0.0397. The predicted octanol–water partition coefficient (Wildman–Crippen LogP) is 5.02. The third kappa shape index (κ3) is 3.80. The van der Waals surface area contributed by atoms with Crippen LogP contribution in [0, 0.1) is 6.92 Å². The summed E-state index contributed by atoms with van der Waals surface area (Å²) in [5, 5.41) is 2.42. The molecule has 0 aromatic heterocycles. The van der Waals surface area contributed by atoms with Crippen LogP contribution in [0.1, 0.15) is 24.8 Å². The van der Waals surface area contributed by atoms with Gasteiger partial charge in [0.1, 0.15) is 0 Å². The molecule has 0 saturated heterocycles. The molecule has 2 rings (SSSR count). The summed E-state index contributed by atoms with van der Waals surface area (Å²) in [5.41, 5.74) is 1.21. The van der Waals surface area contributed by atoms with Gasteiger partial charge in [0.2, 0.25) is 5.92 Å². The highest BCUT2D eigenvalue weighted by Gasteiger charge is 2.19. The van der Waals surface area contributed by atoms with Crippen molar-refractivity contribution in [1.82, 2.24) is 0 Å². The normalized spacial score (nSPS) is 11.9. The van der Waals surface area contributed by atoms with Crippen LogP contribution in [-0.2, 0) is 6.42 Å². The van der Waals surface area contributed by atoms with Crippen LogP contribution in [-0.4, -0.2) is 5.92 Å². The zero-order chi connectivity index (χ0) is 13.0. The highest BCUT2D eigenvalue weighted by molar-refractivity contribution is 5.82. The minimum atomic E-state index is -2.77. The average molecular weight is 247 g/mol. The summed E-state index contributed by atoms with van der Waals surface area (Å²) in [5.74, 6) is -2.77. The number of aryl methyl sites for hydroxylation is 1. The summed E-state index contributed by atoms with van der Waals surface area (Å²) < 4.78 is 25.1. The molecule has 2 aromatic rings. The third-order valence-electron chi connectivity index (χ3n) is 3.07. The molecule has 0 nitrogen and oxygen atoms in total. The largest absolute Gasteiger partial charge is 0.248 e. The number of rotatable bonds is 5. The van der Waals surface area contributed by atoms with Crippen LogP contribution >= 0.6 is 0 Å². The van der Waals surface area contributed by atoms with Gasteiger partial charge in [0.05, 0.1) is 0 Å². The first-order valence-electron chi connectivity index (χ1n) is 6.25. The first-order valence-corrected chi connectivity index (χ1v) is 6.25. The SMILES string of the molecule is [CH2]C(F)(F)CCCCc1ccc2ccccc2c1. The van der Waals surface area contributed by atoms with E-state index in [-0.39, 0.29) is 6.42 Å². The van der Waals surface area contributed by atoms with E-state index in [0.717, 1.165) is 12.8 Å². The molecule has 2 heteroatoms. The Kier molecular flexibility index (Phi) is 3.95. The first-order chi connectivity index (χ1) is 8.54. The molecule has 18 heavy (non-hydrogen) atoms. The Morgan fingerprint density at radius 2 is 1.67 bits per heavy atom. The second-order valence-corrected chi connectivity index (χ2v) is 4.74. The van der Waals surface area contributed by atoms with Crippen molar-refractivity contribution in [2.75, 3.05) is 0 Å². The topological polar surface area (TPSA) is 0 Å². The second-order valence-electron chi connectivity index (χ2n) is 4.74. The Bertz CT molecular complexity index is 512. The molecule has 0 fully saturated rings. The van der Waals surface area contributed by atoms with Crippen LogP contribution in [0.4, 0.5) is 8.78 Å². The van der Waals surface area contributed by atoms with E-state index in [2.05, 4.69) is 37.3 Å². The first kappa shape index (κ1) is 13.0. The average Bonchev–Trinajstić information content (AvgIpc) is 2.33. The lowest BCUT2D eigenvalue weighted by Crippen LogP contribution is -2.09. The van der Waals surface area contributed by atoms with Crippen LogP contribution in [0.3, 0.4) is 0 Å². The van der Waals surface area contributed by atoms with Crippen molar-refractivity contribution >= 4 is 10.8 Å². The molecular weight excluding hydrogens is 230 g/mol. The van der Waals surface area contributed by atoms with Crippen molar-refractivity contribution in [2.45, 2.75) is 31.6 Å². The molecule has 0 atom stereocenters. The fourth-order valence-corrected chi connectivity index (χ4v) is 2.11. The Morgan fingerprint density at radius 1 is 0.944 bits per heavy atom. The number of unbranched alkanes of at least 4 members (excludes halogenated alkanes) is 1. The van der Waals surface area contributed by atoms with E-state index in [1.54, 1.807) is 0 Å². The Morgan fingerprint density at radius 3 is 2.39 bits per heavy atom. The van der Waals surface area contributed by atoms with Crippen molar-refractivity contribution in [2.24, 2.45) is 0 Å². The van der Waals surface area contributed by atoms with Gasteiger partial charge in [-0.2, -0.15) is 0 Å². The third-order valence-corrected chi connectivity index (χ3v) is 3.07. The molecule has 0 spiro atoms. The summed E-state index contributed by atoms with van der Waals surface area (Å²) in [6.45, 7) is 2.82. The zero-order valence-corrected chi connectivity index (χ0v) is 10.3. The van der Waals surface area contributed by atoms with Crippen LogP contribution in [0.2, 0.25) is 0 Å². The quantitative estimate of drug-likeness (QED) is 0.651. The van der Waals surface area contributed by atoms with Gasteiger partial charge in [-0.3, -0.25) is 0 Å². The molecule has 95 valence electrons. The molecule has 0 unspecified atom stereocenters. The summed E-state index contributed by atoms with van der Waals surface area (Å²) in [6, 6.07) is 14.5. The van der Waals surface area contributed by atoms with Gasteiger partial charge in [-0.25, -0.2) is 8.78 Å². The standard InChI is InChI=1S/C16H17F2/c1-16(17,18)11-5-4-6-13-9-10-14-7-2-3-8-15(14)12-13/h2-3,7-10,12H,1,4-6,11H2. The molecule has 0 bridgehead atoms. The summed E-state index contributed by atoms with van der Waals surface area (Å²) >= 11 is 0. The maximum absolute atomic E-state index is 12.5. The highest BCUT2D eigenvalue weighted by atomic mass is 19.3. The van der Waals surface area contributed by atoms with Gasteiger partial charge < -0.3 is 0 Å². The molecule has 0 N–H and O–H groups in total. The number of benzene rings is 2.